The zero-order valence-corrected chi connectivity index (χ0v) is 16.8. The topological polar surface area (TPSA) is 114 Å². The van der Waals surface area contributed by atoms with Crippen molar-refractivity contribution in [2.75, 3.05) is 11.9 Å². The summed E-state index contributed by atoms with van der Waals surface area (Å²) in [6.45, 7) is 2.03. The average molecular weight is 422 g/mol. The van der Waals surface area contributed by atoms with Crippen LogP contribution in [0, 0.1) is 17.7 Å². The number of nitrogens with one attached hydrogen (secondary N) is 1. The van der Waals surface area contributed by atoms with Crippen LogP contribution in [0.25, 0.3) is 0 Å². The van der Waals surface area contributed by atoms with Crippen LogP contribution in [0.5, 0.6) is 0 Å². The van der Waals surface area contributed by atoms with Crippen molar-refractivity contribution in [1.29, 1.82) is 0 Å². The second-order valence-electron chi connectivity index (χ2n) is 7.88. The van der Waals surface area contributed by atoms with E-state index in [4.69, 9.17) is 4.42 Å². The molecule has 0 spiro atoms. The minimum absolute atomic E-state index is 0.0413. The first-order chi connectivity index (χ1) is 14.9. The first-order valence-electron chi connectivity index (χ1n) is 9.90. The highest BCUT2D eigenvalue weighted by Crippen LogP contribution is 2.58. The Morgan fingerprint density at radius 2 is 1.94 bits per heavy atom. The van der Waals surface area contributed by atoms with Gasteiger partial charge in [-0.2, -0.15) is 0 Å². The second-order valence-corrected chi connectivity index (χ2v) is 7.88. The van der Waals surface area contributed by atoms with E-state index in [2.05, 4.69) is 25.5 Å². The zero-order chi connectivity index (χ0) is 21.7. The van der Waals surface area contributed by atoms with Crippen LogP contribution in [0.15, 0.2) is 41.1 Å². The molecule has 3 aromatic rings. The first-order valence-corrected chi connectivity index (χ1v) is 9.90. The minimum atomic E-state index is -0.749. The van der Waals surface area contributed by atoms with Gasteiger partial charge in [0.05, 0.1) is 12.1 Å². The van der Waals surface area contributed by atoms with E-state index in [1.54, 1.807) is 31.6 Å². The Morgan fingerprint density at radius 3 is 2.71 bits per heavy atom. The monoisotopic (exact) mass is 422 g/mol. The van der Waals surface area contributed by atoms with Crippen molar-refractivity contribution in [3.63, 3.8) is 0 Å². The van der Waals surface area contributed by atoms with Crippen molar-refractivity contribution in [3.05, 3.63) is 65.5 Å². The highest BCUT2D eigenvalue weighted by Gasteiger charge is 2.59. The molecule has 3 heterocycles. The Morgan fingerprint density at radius 1 is 1.19 bits per heavy atom. The molecule has 31 heavy (non-hydrogen) atoms. The summed E-state index contributed by atoms with van der Waals surface area (Å²) in [7, 11) is 1.62. The van der Waals surface area contributed by atoms with Crippen LogP contribution in [-0.4, -0.2) is 45.1 Å². The SMILES string of the molecule is CC1C2c3nccnc3N(C)C(=O)[C@@H](NC(=O)c3nnc(Cc4ccc(F)cc4)o3)C12. The predicted octanol–water partition coefficient (Wildman–Crippen LogP) is 1.71. The number of amides is 2. The molecule has 0 bridgehead atoms. The Hall–Kier alpha value is -3.69. The standard InChI is InChI=1S/C21H19FN6O3/c1-10-14-15(10)17(21(30)28(2)18-16(14)23-7-8-24-18)25-19(29)20-27-26-13(31-20)9-11-3-5-12(22)6-4-11/h3-8,10,14-15,17H,9H2,1-2H3,(H,25,29)/t10?,14?,15?,17-/m0/s1. The van der Waals surface area contributed by atoms with Crippen LogP contribution in [0.1, 0.15) is 40.7 Å². The summed E-state index contributed by atoms with van der Waals surface area (Å²) < 4.78 is 18.5. The summed E-state index contributed by atoms with van der Waals surface area (Å²) in [6, 6.07) is 5.13. The molecule has 158 valence electrons. The zero-order valence-electron chi connectivity index (χ0n) is 16.8. The van der Waals surface area contributed by atoms with Crippen molar-refractivity contribution < 1.29 is 18.4 Å². The number of nitrogens with zero attached hydrogens (tertiary/aromatic N) is 5. The number of rotatable bonds is 4. The molecule has 1 fully saturated rings. The Kier molecular flexibility index (Phi) is 4.49. The van der Waals surface area contributed by atoms with Crippen LogP contribution in [0.4, 0.5) is 10.2 Å². The van der Waals surface area contributed by atoms with Crippen molar-refractivity contribution in [2.24, 2.45) is 11.8 Å². The summed E-state index contributed by atoms with van der Waals surface area (Å²) in [5.41, 5.74) is 1.54. The molecule has 5 rings (SSSR count). The normalized spacial score (nSPS) is 24.2. The van der Waals surface area contributed by atoms with Crippen LogP contribution >= 0.6 is 0 Å². The van der Waals surface area contributed by atoms with Gasteiger partial charge in [0, 0.05) is 31.3 Å². The lowest BCUT2D eigenvalue weighted by atomic mass is 10.1. The smallest absolute Gasteiger partial charge is 0.309 e. The number of halogens is 1. The summed E-state index contributed by atoms with van der Waals surface area (Å²) in [4.78, 5) is 36.0. The fraction of sp³-hybridized carbons (Fsp3) is 0.333. The van der Waals surface area contributed by atoms with E-state index >= 15 is 0 Å². The molecule has 2 amide bonds. The van der Waals surface area contributed by atoms with Crippen LogP contribution < -0.4 is 10.2 Å². The molecular formula is C21H19FN6O3. The lowest BCUT2D eigenvalue weighted by Crippen LogP contribution is -2.49. The van der Waals surface area contributed by atoms with E-state index in [0.717, 1.165) is 11.3 Å². The Bertz CT molecular complexity index is 1160. The van der Waals surface area contributed by atoms with Gasteiger partial charge >= 0.3 is 11.8 Å². The fourth-order valence-corrected chi connectivity index (χ4v) is 4.30. The van der Waals surface area contributed by atoms with Gasteiger partial charge in [0.1, 0.15) is 11.9 Å². The number of hydrogen-bond acceptors (Lipinski definition) is 7. The third-order valence-corrected chi connectivity index (χ3v) is 5.98. The molecule has 1 aliphatic carbocycles. The number of anilines is 1. The lowest BCUT2D eigenvalue weighted by Gasteiger charge is -2.22. The largest absolute Gasteiger partial charge is 0.417 e. The van der Waals surface area contributed by atoms with Crippen LogP contribution in [0.3, 0.4) is 0 Å². The number of benzene rings is 1. The minimum Gasteiger partial charge on any atom is -0.417 e. The second kappa shape index (κ2) is 7.22. The predicted molar refractivity (Wildman–Crippen MR) is 106 cm³/mol. The van der Waals surface area contributed by atoms with Crippen molar-refractivity contribution in [1.82, 2.24) is 25.5 Å². The molecule has 1 aromatic carbocycles. The maximum atomic E-state index is 13.1. The summed E-state index contributed by atoms with van der Waals surface area (Å²) in [6.07, 6.45) is 3.42. The van der Waals surface area contributed by atoms with E-state index in [9.17, 15) is 14.0 Å². The third-order valence-electron chi connectivity index (χ3n) is 5.98. The molecule has 1 N–H and O–H groups in total. The Labute approximate surface area is 176 Å². The van der Waals surface area contributed by atoms with E-state index in [1.165, 1.54) is 17.0 Å². The van der Waals surface area contributed by atoms with E-state index in [0.29, 0.717) is 5.82 Å². The molecule has 2 aliphatic rings. The highest BCUT2D eigenvalue weighted by molar-refractivity contribution is 6.02. The third kappa shape index (κ3) is 3.33. The van der Waals surface area contributed by atoms with E-state index in [1.807, 2.05) is 6.92 Å². The number of carbonyl (C=O) groups excluding carboxylic acids is 2. The average Bonchev–Trinajstić information content (AvgIpc) is 3.22. The number of aromatic nitrogens is 4. The highest BCUT2D eigenvalue weighted by atomic mass is 19.1. The van der Waals surface area contributed by atoms with Crippen molar-refractivity contribution >= 4 is 17.6 Å². The van der Waals surface area contributed by atoms with Gasteiger partial charge in [-0.3, -0.25) is 19.5 Å². The number of fused-ring (bicyclic) bond motifs is 3. The first kappa shape index (κ1) is 19.3. The Balaban J connectivity index is 1.33. The fourth-order valence-electron chi connectivity index (χ4n) is 4.30. The number of hydrogen-bond donors (Lipinski definition) is 1. The van der Waals surface area contributed by atoms with Gasteiger partial charge in [-0.05, 0) is 23.6 Å². The molecule has 1 saturated carbocycles. The molecule has 1 aliphatic heterocycles. The number of likely N-dealkylation sites (N-methyl/N-ethyl adjacent to an activating group) is 1. The number of carbonyl (C=O) groups is 2. The molecule has 4 atom stereocenters. The molecule has 0 saturated heterocycles. The maximum absolute atomic E-state index is 13.1. The van der Waals surface area contributed by atoms with Gasteiger partial charge in [-0.15, -0.1) is 10.2 Å². The van der Waals surface area contributed by atoms with Crippen molar-refractivity contribution in [3.8, 4) is 0 Å². The van der Waals surface area contributed by atoms with Gasteiger partial charge in [-0.1, -0.05) is 19.1 Å². The van der Waals surface area contributed by atoms with Crippen molar-refractivity contribution in [2.45, 2.75) is 25.3 Å². The van der Waals surface area contributed by atoms with E-state index < -0.39 is 11.9 Å². The van der Waals surface area contributed by atoms with E-state index in [-0.39, 0.29) is 47.7 Å². The summed E-state index contributed by atoms with van der Waals surface area (Å²) in [5.74, 6) is -0.578. The van der Waals surface area contributed by atoms with Gasteiger partial charge < -0.3 is 9.73 Å². The maximum Gasteiger partial charge on any atom is 0.309 e. The molecule has 10 heteroatoms. The molecule has 2 aromatic heterocycles. The molecule has 0 radical (unpaired) electrons. The molecule has 9 nitrogen and oxygen atoms in total. The van der Waals surface area contributed by atoms with Crippen LogP contribution in [-0.2, 0) is 11.2 Å². The summed E-state index contributed by atoms with van der Waals surface area (Å²) in [5, 5.41) is 10.5. The van der Waals surface area contributed by atoms with Gasteiger partial charge in [0.25, 0.3) is 5.91 Å². The van der Waals surface area contributed by atoms with Crippen LogP contribution in [0.2, 0.25) is 0 Å². The lowest BCUT2D eigenvalue weighted by molar-refractivity contribution is -0.120. The van der Waals surface area contributed by atoms with Gasteiger partial charge in [0.15, 0.2) is 5.82 Å². The molecular weight excluding hydrogens is 403 g/mol. The van der Waals surface area contributed by atoms with Gasteiger partial charge in [-0.25, -0.2) is 9.37 Å². The summed E-state index contributed by atoms with van der Waals surface area (Å²) >= 11 is 0. The van der Waals surface area contributed by atoms with Gasteiger partial charge in [0.2, 0.25) is 5.89 Å². The molecule has 3 unspecified atom stereocenters. The quantitative estimate of drug-likeness (QED) is 0.681.